The lowest BCUT2D eigenvalue weighted by Gasteiger charge is -1.68. The lowest BCUT2D eigenvalue weighted by molar-refractivity contribution is 0.381. The van der Waals surface area contributed by atoms with Crippen LogP contribution in [0.5, 0.6) is 0 Å². The SMILES string of the molecule is O=S(=O)(O)O.[OH]. The van der Waals surface area contributed by atoms with E-state index in [0.717, 1.165) is 0 Å². The Morgan fingerprint density at radius 1 is 1.17 bits per heavy atom. The van der Waals surface area contributed by atoms with Gasteiger partial charge in [-0.05, 0) is 0 Å². The first kappa shape index (κ1) is 9.27. The van der Waals surface area contributed by atoms with Gasteiger partial charge in [0.25, 0.3) is 0 Å². The van der Waals surface area contributed by atoms with Crippen LogP contribution in [0.25, 0.3) is 0 Å². The molecular weight excluding hydrogens is 112 g/mol. The topological polar surface area (TPSA) is 105 Å². The highest BCUT2D eigenvalue weighted by Crippen LogP contribution is 1.59. The molecule has 0 aliphatic rings. The van der Waals surface area contributed by atoms with E-state index in [1.54, 1.807) is 0 Å². The summed E-state index contributed by atoms with van der Waals surface area (Å²) in [6, 6.07) is 0. The van der Waals surface area contributed by atoms with E-state index in [0.29, 0.717) is 0 Å². The van der Waals surface area contributed by atoms with E-state index in [9.17, 15) is 0 Å². The molecule has 6 heavy (non-hydrogen) atoms. The van der Waals surface area contributed by atoms with Gasteiger partial charge in [-0.1, -0.05) is 0 Å². The first-order valence-corrected chi connectivity index (χ1v) is 2.10. The number of rotatable bonds is 0. The standard InChI is InChI=1S/H2O4S.HO/c1-5(2,3)4;/h(H2,1,2,3,4);1H. The summed E-state index contributed by atoms with van der Waals surface area (Å²) in [7, 11) is -4.67. The molecule has 0 heterocycles. The Bertz CT molecular complexity index is 87.1. The highest BCUT2D eigenvalue weighted by molar-refractivity contribution is 7.79. The molecule has 0 rings (SSSR count). The summed E-state index contributed by atoms with van der Waals surface area (Å²) < 4.78 is 31.6. The van der Waals surface area contributed by atoms with Gasteiger partial charge in [0.05, 0.1) is 0 Å². The number of hydrogen-bond acceptors (Lipinski definition) is 2. The normalized spacial score (nSPS) is 9.67. The highest BCUT2D eigenvalue weighted by atomic mass is 32.3. The van der Waals surface area contributed by atoms with E-state index in [2.05, 4.69) is 0 Å². The Morgan fingerprint density at radius 2 is 1.17 bits per heavy atom. The highest BCUT2D eigenvalue weighted by Gasteiger charge is 1.84. The molecule has 0 aliphatic carbocycles. The molecule has 3 N–H and O–H groups in total. The van der Waals surface area contributed by atoms with Crippen molar-refractivity contribution in [3.05, 3.63) is 0 Å². The van der Waals surface area contributed by atoms with Gasteiger partial charge in [0.1, 0.15) is 0 Å². The van der Waals surface area contributed by atoms with E-state index < -0.39 is 10.4 Å². The van der Waals surface area contributed by atoms with Gasteiger partial charge in [-0.25, -0.2) is 0 Å². The van der Waals surface area contributed by atoms with Crippen molar-refractivity contribution in [1.29, 1.82) is 0 Å². The van der Waals surface area contributed by atoms with E-state index in [1.807, 2.05) is 0 Å². The summed E-state index contributed by atoms with van der Waals surface area (Å²) in [5.74, 6) is 0. The van der Waals surface area contributed by atoms with Gasteiger partial charge >= 0.3 is 10.4 Å². The van der Waals surface area contributed by atoms with Crippen LogP contribution in [0.1, 0.15) is 0 Å². The molecule has 0 bridgehead atoms. The molecular formula is H3O5S. The third-order valence-electron chi connectivity index (χ3n) is 0. The van der Waals surface area contributed by atoms with Crippen molar-refractivity contribution >= 4 is 10.4 Å². The maximum Gasteiger partial charge on any atom is 0.394 e. The van der Waals surface area contributed by atoms with Gasteiger partial charge < -0.3 is 0 Å². The fourth-order valence-corrected chi connectivity index (χ4v) is 0. The average molecular weight is 115 g/mol. The summed E-state index contributed by atoms with van der Waals surface area (Å²) in [5, 5.41) is 0. The van der Waals surface area contributed by atoms with E-state index >= 15 is 0 Å². The lowest BCUT2D eigenvalue weighted by Crippen LogP contribution is -1.89. The van der Waals surface area contributed by atoms with Crippen molar-refractivity contribution in [2.45, 2.75) is 0 Å². The summed E-state index contributed by atoms with van der Waals surface area (Å²) >= 11 is 0. The Labute approximate surface area is 34.5 Å². The summed E-state index contributed by atoms with van der Waals surface area (Å²) in [5.41, 5.74) is 0. The predicted octanol–water partition coefficient (Wildman–Crippen LogP) is -0.830. The Balaban J connectivity index is 0. The minimum absolute atomic E-state index is 0. The van der Waals surface area contributed by atoms with Crippen molar-refractivity contribution < 1.29 is 23.0 Å². The summed E-state index contributed by atoms with van der Waals surface area (Å²) in [6.07, 6.45) is 0. The second-order valence-electron chi connectivity index (χ2n) is 0.448. The van der Waals surface area contributed by atoms with Crippen molar-refractivity contribution in [2.75, 3.05) is 0 Å². The monoisotopic (exact) mass is 115 g/mol. The summed E-state index contributed by atoms with van der Waals surface area (Å²) in [6.45, 7) is 0. The molecule has 0 spiro atoms. The van der Waals surface area contributed by atoms with Gasteiger partial charge in [0, 0.05) is 0 Å². The van der Waals surface area contributed by atoms with Gasteiger partial charge in [-0.3, -0.25) is 14.6 Å². The third-order valence-corrected chi connectivity index (χ3v) is 0. The van der Waals surface area contributed by atoms with Crippen LogP contribution in [0.3, 0.4) is 0 Å². The lowest BCUT2D eigenvalue weighted by atomic mass is 15.8. The molecule has 0 amide bonds. The van der Waals surface area contributed by atoms with Crippen molar-refractivity contribution in [3.8, 4) is 0 Å². The minimum Gasteiger partial charge on any atom is -0.264 e. The Hall–Kier alpha value is -0.170. The van der Waals surface area contributed by atoms with Gasteiger partial charge in [0.2, 0.25) is 0 Å². The first-order chi connectivity index (χ1) is 2.00. The molecule has 1 radical (unpaired) electrons. The van der Waals surface area contributed by atoms with E-state index in [4.69, 9.17) is 17.5 Å². The first-order valence-electron chi connectivity index (χ1n) is 0.698. The van der Waals surface area contributed by atoms with Crippen LogP contribution < -0.4 is 0 Å². The predicted molar refractivity (Wildman–Crippen MR) is 16.1 cm³/mol. The molecule has 0 saturated heterocycles. The molecule has 0 atom stereocenters. The third kappa shape index (κ3) is 1060. The molecule has 0 fully saturated rings. The molecule has 0 aliphatic heterocycles. The smallest absolute Gasteiger partial charge is 0.264 e. The average Bonchev–Trinajstić information content (AvgIpc) is 0.722. The van der Waals surface area contributed by atoms with Crippen LogP contribution in [-0.4, -0.2) is 23.0 Å². The fraction of sp³-hybridized carbons (Fsp3) is 0. The van der Waals surface area contributed by atoms with Crippen molar-refractivity contribution in [2.24, 2.45) is 0 Å². The van der Waals surface area contributed by atoms with Crippen LogP contribution in [0.4, 0.5) is 0 Å². The molecule has 0 unspecified atom stereocenters. The molecule has 39 valence electrons. The van der Waals surface area contributed by atoms with Gasteiger partial charge in [0.15, 0.2) is 0 Å². The largest absolute Gasteiger partial charge is 0.394 e. The molecule has 0 aromatic heterocycles. The zero-order valence-corrected chi connectivity index (χ0v) is 3.38. The Kier molecular flexibility index (Phi) is 3.22. The van der Waals surface area contributed by atoms with Gasteiger partial charge in [-0.15, -0.1) is 0 Å². The molecule has 5 nitrogen and oxygen atoms in total. The molecule has 0 aromatic carbocycles. The van der Waals surface area contributed by atoms with Crippen LogP contribution in [0.15, 0.2) is 0 Å². The van der Waals surface area contributed by atoms with Gasteiger partial charge in [-0.2, -0.15) is 8.42 Å². The molecule has 0 aromatic rings. The summed E-state index contributed by atoms with van der Waals surface area (Å²) in [4.78, 5) is 0. The quantitative estimate of drug-likeness (QED) is 0.358. The zero-order chi connectivity index (χ0) is 4.50. The van der Waals surface area contributed by atoms with Crippen LogP contribution in [-0.2, 0) is 10.4 Å². The van der Waals surface area contributed by atoms with Crippen LogP contribution in [0.2, 0.25) is 0 Å². The number of hydrogen-bond donors (Lipinski definition) is 3. The van der Waals surface area contributed by atoms with Crippen molar-refractivity contribution in [3.63, 3.8) is 0 Å². The maximum atomic E-state index is 8.74. The van der Waals surface area contributed by atoms with Crippen molar-refractivity contribution in [1.82, 2.24) is 0 Å². The van der Waals surface area contributed by atoms with Crippen LogP contribution >= 0.6 is 0 Å². The zero-order valence-electron chi connectivity index (χ0n) is 2.57. The Morgan fingerprint density at radius 3 is 1.17 bits per heavy atom. The minimum atomic E-state index is -4.67. The molecule has 6 heteroatoms. The maximum absolute atomic E-state index is 8.74. The van der Waals surface area contributed by atoms with E-state index in [-0.39, 0.29) is 5.48 Å². The van der Waals surface area contributed by atoms with E-state index in [1.165, 1.54) is 0 Å². The second-order valence-corrected chi connectivity index (χ2v) is 1.34. The fourth-order valence-electron chi connectivity index (χ4n) is 0. The van der Waals surface area contributed by atoms with Crippen LogP contribution in [0, 0.1) is 0 Å². The molecule has 0 saturated carbocycles. The second kappa shape index (κ2) is 2.08.